The van der Waals surface area contributed by atoms with Gasteiger partial charge in [-0.2, -0.15) is 23.0 Å². The number of nitrogens with zero attached hydrogens (tertiary/aromatic N) is 3. The first-order valence-corrected chi connectivity index (χ1v) is 9.70. The Morgan fingerprint density at radius 3 is 2.47 bits per heavy atom. The van der Waals surface area contributed by atoms with E-state index < -0.39 is 35.9 Å². The molecule has 0 amide bonds. The summed E-state index contributed by atoms with van der Waals surface area (Å²) in [5, 5.41) is 15.8. The van der Waals surface area contributed by atoms with Crippen LogP contribution in [0.25, 0.3) is 16.9 Å². The van der Waals surface area contributed by atoms with E-state index in [1.54, 1.807) is 37.2 Å². The highest BCUT2D eigenvalue weighted by molar-refractivity contribution is 6.33. The quantitative estimate of drug-likeness (QED) is 0.531. The third kappa shape index (κ3) is 5.03. The van der Waals surface area contributed by atoms with Gasteiger partial charge in [0.2, 0.25) is 0 Å². The lowest BCUT2D eigenvalue weighted by Gasteiger charge is -2.21. The van der Waals surface area contributed by atoms with E-state index in [1.807, 2.05) is 5.32 Å². The van der Waals surface area contributed by atoms with Crippen LogP contribution in [0.5, 0.6) is 0 Å². The van der Waals surface area contributed by atoms with Crippen LogP contribution in [0.15, 0.2) is 53.3 Å². The SMILES string of the molecule is CN(C)c1ccc(-c2cc(NC(CO)C(F)(F)F)c(=O)n(-c3cccc(F)c3)n2)cc1Cl. The molecule has 1 heterocycles. The van der Waals surface area contributed by atoms with Crippen LogP contribution < -0.4 is 15.8 Å². The molecule has 0 aliphatic heterocycles. The fraction of sp³-hybridized carbons (Fsp3) is 0.238. The van der Waals surface area contributed by atoms with Crippen LogP contribution in [0.1, 0.15) is 0 Å². The second-order valence-corrected chi connectivity index (χ2v) is 7.53. The monoisotopic (exact) mass is 470 g/mol. The summed E-state index contributed by atoms with van der Waals surface area (Å²) in [6.45, 7) is -1.29. The molecule has 0 bridgehead atoms. The van der Waals surface area contributed by atoms with Gasteiger partial charge in [0.1, 0.15) is 17.5 Å². The fourth-order valence-corrected chi connectivity index (χ4v) is 3.32. The Labute approximate surface area is 185 Å². The van der Waals surface area contributed by atoms with Crippen LogP contribution in [0, 0.1) is 5.82 Å². The van der Waals surface area contributed by atoms with Crippen molar-refractivity contribution in [1.82, 2.24) is 9.78 Å². The van der Waals surface area contributed by atoms with Crippen LogP contribution >= 0.6 is 11.6 Å². The molecule has 0 saturated carbocycles. The molecule has 6 nitrogen and oxygen atoms in total. The predicted octanol–water partition coefficient (Wildman–Crippen LogP) is 4.09. The van der Waals surface area contributed by atoms with Crippen molar-refractivity contribution in [3.8, 4) is 16.9 Å². The van der Waals surface area contributed by atoms with Crippen molar-refractivity contribution < 1.29 is 22.7 Å². The molecule has 1 unspecified atom stereocenters. The lowest BCUT2D eigenvalue weighted by molar-refractivity contribution is -0.149. The maximum absolute atomic E-state index is 13.7. The lowest BCUT2D eigenvalue weighted by Crippen LogP contribution is -2.41. The maximum atomic E-state index is 13.7. The number of alkyl halides is 3. The molecule has 11 heteroatoms. The first kappa shape index (κ1) is 23.6. The van der Waals surface area contributed by atoms with Gasteiger partial charge in [0.25, 0.3) is 5.56 Å². The molecule has 3 aromatic rings. The van der Waals surface area contributed by atoms with Crippen molar-refractivity contribution in [3.63, 3.8) is 0 Å². The van der Waals surface area contributed by atoms with Gasteiger partial charge >= 0.3 is 6.18 Å². The van der Waals surface area contributed by atoms with E-state index in [0.29, 0.717) is 16.3 Å². The van der Waals surface area contributed by atoms with Gasteiger partial charge in [0, 0.05) is 19.7 Å². The van der Waals surface area contributed by atoms with Crippen molar-refractivity contribution in [1.29, 1.82) is 0 Å². The molecule has 0 aliphatic carbocycles. The number of anilines is 2. The molecular weight excluding hydrogens is 452 g/mol. The normalized spacial score (nSPS) is 12.5. The summed E-state index contributed by atoms with van der Waals surface area (Å²) < 4.78 is 54.1. The molecular formula is C21H19ClF4N4O2. The summed E-state index contributed by atoms with van der Waals surface area (Å²) in [4.78, 5) is 14.7. The van der Waals surface area contributed by atoms with Crippen molar-refractivity contribution in [3.05, 3.63) is 69.7 Å². The number of hydrogen-bond acceptors (Lipinski definition) is 5. The summed E-state index contributed by atoms with van der Waals surface area (Å²) in [5.74, 6) is -0.655. The maximum Gasteiger partial charge on any atom is 0.410 e. The molecule has 2 N–H and O–H groups in total. The van der Waals surface area contributed by atoms with Gasteiger partial charge in [0.05, 0.1) is 28.7 Å². The van der Waals surface area contributed by atoms with E-state index in [4.69, 9.17) is 16.7 Å². The average molecular weight is 471 g/mol. The highest BCUT2D eigenvalue weighted by Crippen LogP contribution is 2.30. The first-order valence-electron chi connectivity index (χ1n) is 9.33. The predicted molar refractivity (Wildman–Crippen MR) is 115 cm³/mol. The van der Waals surface area contributed by atoms with Gasteiger partial charge in [-0.15, -0.1) is 0 Å². The van der Waals surface area contributed by atoms with E-state index in [-0.39, 0.29) is 11.4 Å². The van der Waals surface area contributed by atoms with Crippen LogP contribution in [-0.4, -0.2) is 47.8 Å². The Bertz CT molecular complexity index is 1180. The zero-order valence-electron chi connectivity index (χ0n) is 17.0. The molecule has 3 rings (SSSR count). The van der Waals surface area contributed by atoms with Crippen molar-refractivity contribution in [2.45, 2.75) is 12.2 Å². The van der Waals surface area contributed by atoms with Crippen LogP contribution in [0.2, 0.25) is 5.02 Å². The zero-order chi connectivity index (χ0) is 23.6. The second-order valence-electron chi connectivity index (χ2n) is 7.12. The average Bonchev–Trinajstić information content (AvgIpc) is 2.71. The lowest BCUT2D eigenvalue weighted by atomic mass is 10.1. The molecule has 1 atom stereocenters. The molecule has 0 radical (unpaired) electrons. The van der Waals surface area contributed by atoms with E-state index in [1.165, 1.54) is 12.1 Å². The van der Waals surface area contributed by atoms with Crippen LogP contribution in [-0.2, 0) is 0 Å². The van der Waals surface area contributed by atoms with Crippen LogP contribution in [0.3, 0.4) is 0 Å². The minimum Gasteiger partial charge on any atom is -0.394 e. The molecule has 0 aliphatic rings. The molecule has 32 heavy (non-hydrogen) atoms. The first-order chi connectivity index (χ1) is 15.0. The topological polar surface area (TPSA) is 70.4 Å². The summed E-state index contributed by atoms with van der Waals surface area (Å²) in [5.41, 5.74) is -0.168. The minimum atomic E-state index is -4.81. The van der Waals surface area contributed by atoms with Gasteiger partial charge in [-0.3, -0.25) is 4.79 Å². The van der Waals surface area contributed by atoms with Crippen LogP contribution in [0.4, 0.5) is 28.9 Å². The number of benzene rings is 2. The highest BCUT2D eigenvalue weighted by atomic mass is 35.5. The van der Waals surface area contributed by atoms with Gasteiger partial charge in [-0.1, -0.05) is 23.7 Å². The number of aliphatic hydroxyl groups excluding tert-OH is 1. The zero-order valence-corrected chi connectivity index (χ0v) is 17.7. The third-order valence-electron chi connectivity index (χ3n) is 4.60. The largest absolute Gasteiger partial charge is 0.410 e. The van der Waals surface area contributed by atoms with Gasteiger partial charge in [-0.25, -0.2) is 4.39 Å². The molecule has 0 spiro atoms. The van der Waals surface area contributed by atoms with Gasteiger partial charge in [0.15, 0.2) is 0 Å². The Morgan fingerprint density at radius 1 is 1.19 bits per heavy atom. The summed E-state index contributed by atoms with van der Waals surface area (Å²) >= 11 is 6.30. The van der Waals surface area contributed by atoms with Crippen molar-refractivity contribution in [2.75, 3.05) is 30.9 Å². The minimum absolute atomic E-state index is 0.0171. The number of hydrogen-bond donors (Lipinski definition) is 2. The Kier molecular flexibility index (Phi) is 6.75. The molecule has 1 aromatic heterocycles. The van der Waals surface area contributed by atoms with Gasteiger partial charge in [-0.05, 0) is 36.4 Å². The fourth-order valence-electron chi connectivity index (χ4n) is 2.97. The number of aromatic nitrogens is 2. The molecule has 170 valence electrons. The molecule has 0 fully saturated rings. The van der Waals surface area contributed by atoms with E-state index in [2.05, 4.69) is 5.10 Å². The standard InChI is InChI=1S/C21H19ClF4N4O2/c1-29(2)18-7-6-12(8-15(18)22)16-10-17(27-19(11-31)21(24,25)26)20(32)30(28-16)14-5-3-4-13(23)9-14/h3-10,19,27,31H,11H2,1-2H3. The van der Waals surface area contributed by atoms with E-state index >= 15 is 0 Å². The molecule has 2 aromatic carbocycles. The Balaban J connectivity index is 2.20. The second kappa shape index (κ2) is 9.17. The summed E-state index contributed by atoms with van der Waals surface area (Å²) in [7, 11) is 3.58. The Morgan fingerprint density at radius 2 is 1.91 bits per heavy atom. The van der Waals surface area contributed by atoms with Crippen molar-refractivity contribution >= 4 is 23.0 Å². The number of nitrogens with one attached hydrogen (secondary N) is 1. The number of halogens is 5. The summed E-state index contributed by atoms with van der Waals surface area (Å²) in [6.07, 6.45) is -4.81. The Hall–Kier alpha value is -3.11. The van der Waals surface area contributed by atoms with E-state index in [0.717, 1.165) is 22.9 Å². The third-order valence-corrected chi connectivity index (χ3v) is 4.90. The highest BCUT2D eigenvalue weighted by Gasteiger charge is 2.39. The number of aliphatic hydroxyl groups is 1. The smallest absolute Gasteiger partial charge is 0.394 e. The van der Waals surface area contributed by atoms with E-state index in [9.17, 15) is 22.4 Å². The summed E-state index contributed by atoms with van der Waals surface area (Å²) in [6, 6.07) is 8.54. The molecule has 0 saturated heterocycles. The number of rotatable bonds is 6. The van der Waals surface area contributed by atoms with Gasteiger partial charge < -0.3 is 15.3 Å². The van der Waals surface area contributed by atoms with Crippen molar-refractivity contribution in [2.24, 2.45) is 0 Å².